The molecule has 2 fully saturated rings. The number of aromatic nitrogens is 1. The first-order chi connectivity index (χ1) is 53.1. The van der Waals surface area contributed by atoms with E-state index in [1.807, 2.05) is 62.6 Å². The Bertz CT molecular complexity index is 4270. The summed E-state index contributed by atoms with van der Waals surface area (Å²) in [6, 6.07) is 19.1. The molecule has 0 saturated carbocycles. The van der Waals surface area contributed by atoms with Crippen molar-refractivity contribution in [3.63, 3.8) is 0 Å². The third kappa shape index (κ3) is 26.8. The largest absolute Gasteiger partial charge is 0.394 e. The molecule has 0 spiro atoms. The van der Waals surface area contributed by atoms with E-state index in [-0.39, 0.29) is 74.8 Å². The zero-order valence-electron chi connectivity index (χ0n) is 62.3. The minimum absolute atomic E-state index is 0.0131. The minimum atomic E-state index is -1.90. The van der Waals surface area contributed by atoms with Crippen LogP contribution in [0, 0.1) is 5.92 Å². The second-order valence-electron chi connectivity index (χ2n) is 28.2. The number of pyridine rings is 1. The first-order valence-electron chi connectivity index (χ1n) is 36.8. The van der Waals surface area contributed by atoms with Crippen molar-refractivity contribution in [2.75, 3.05) is 30.3 Å². The van der Waals surface area contributed by atoms with Crippen molar-refractivity contribution >= 4 is 117 Å². The molecule has 16 N–H and O–H groups in total. The number of halogens is 1. The van der Waals surface area contributed by atoms with Crippen LogP contribution in [0.4, 0.5) is 21.0 Å². The molecule has 0 unspecified atom stereocenters. The van der Waals surface area contributed by atoms with Gasteiger partial charge in [-0.1, -0.05) is 124 Å². The molecule has 589 valence electrons. The average Bonchev–Trinajstić information content (AvgIpc) is 1.79. The molecule has 6 aromatic rings. The predicted octanol–water partition coefficient (Wildman–Crippen LogP) is 2.63. The van der Waals surface area contributed by atoms with E-state index in [0.717, 1.165) is 10.8 Å². The number of imide groups is 1. The van der Waals surface area contributed by atoms with Crippen LogP contribution in [0.3, 0.4) is 0 Å². The maximum atomic E-state index is 15.4. The van der Waals surface area contributed by atoms with Crippen molar-refractivity contribution in [1.82, 2.24) is 68.4 Å². The van der Waals surface area contributed by atoms with Gasteiger partial charge in [-0.3, -0.25) is 67.8 Å². The molecule has 5 aromatic carbocycles. The van der Waals surface area contributed by atoms with Gasteiger partial charge in [0.25, 0.3) is 0 Å². The number of amides is 15. The van der Waals surface area contributed by atoms with Crippen LogP contribution in [0.2, 0.25) is 5.02 Å². The normalized spacial score (nSPS) is 16.1. The van der Waals surface area contributed by atoms with Crippen LogP contribution in [-0.4, -0.2) is 184 Å². The second-order valence-corrected chi connectivity index (χ2v) is 28.7. The zero-order valence-corrected chi connectivity index (χ0v) is 63.1. The number of fused-ring (bicyclic) bond motifs is 1. The first kappa shape index (κ1) is 84.9. The van der Waals surface area contributed by atoms with Gasteiger partial charge in [0.2, 0.25) is 71.3 Å². The fraction of sp³-hybridized carbons (Fsp3) is 0.405. The monoisotopic (exact) mass is 1540 g/mol. The molecule has 0 bridgehead atoms. The maximum Gasteiger partial charge on any atom is 0.322 e. The van der Waals surface area contributed by atoms with Gasteiger partial charge in [0.15, 0.2) is 0 Å². The number of anilines is 2. The maximum absolute atomic E-state index is 15.4. The number of nitrogens with one attached hydrogen (secondary N) is 13. The van der Waals surface area contributed by atoms with Crippen LogP contribution in [0.5, 0.6) is 0 Å². The molecule has 15 amide bonds. The van der Waals surface area contributed by atoms with Crippen LogP contribution < -0.4 is 74.9 Å². The fourth-order valence-electron chi connectivity index (χ4n) is 12.8. The van der Waals surface area contributed by atoms with Gasteiger partial charge in [-0.25, -0.2) is 9.59 Å². The molecule has 3 heterocycles. The molecule has 111 heavy (non-hydrogen) atoms. The Morgan fingerprint density at radius 3 is 1.58 bits per heavy atom. The summed E-state index contributed by atoms with van der Waals surface area (Å²) < 4.78 is 0. The number of rotatable bonds is 39. The number of carbonyl (C=O) groups is 13. The zero-order chi connectivity index (χ0) is 80.3. The van der Waals surface area contributed by atoms with E-state index < -0.39 is 150 Å². The van der Waals surface area contributed by atoms with Crippen LogP contribution in [0.25, 0.3) is 10.8 Å². The van der Waals surface area contributed by atoms with Gasteiger partial charge in [0, 0.05) is 80.4 Å². The highest BCUT2D eigenvalue weighted by atomic mass is 35.5. The van der Waals surface area contributed by atoms with Gasteiger partial charge in [-0.2, -0.15) is 0 Å². The number of carbonyl (C=O) groups excluding carboxylic acids is 14. The Hall–Kier alpha value is -11.7. The molecule has 32 heteroatoms. The number of aliphatic hydroxyl groups is 1. The van der Waals surface area contributed by atoms with Crippen LogP contribution in [0.1, 0.15) is 107 Å². The highest BCUT2D eigenvalue weighted by Crippen LogP contribution is 2.22. The summed E-state index contributed by atoms with van der Waals surface area (Å²) in [4.78, 5) is 199. The number of likely N-dealkylation sites (tertiary alicyclic amines) is 1. The quantitative estimate of drug-likeness (QED) is 0.0247. The standard InChI is InChI=1S/C79H96ClN16O15/c1-45(2)34-60(70(102)87-59(16-8-9-32-83-46(3)4)77(109)96-33-11-15-58(96)43-97)88-72(104)63(37-50-22-29-57(30-23-50)86-78(81)110)90-74(106)64(38-49-20-27-56(28-21-49)85-69(101)66-41-68(100)95-79(111)94-66)92-76(108)67(44-98)93-75(107)65(40-52-12-10-31-82-42-52)91-73(105)62(36-48-18-25-55(80)26-19-48)89-71(103)61(84-47(5)99)39-51-17-24-53-13-6-7-14-54(53)35-51/h6-7,10,12-14,17-31,35,42,45-46,58-67,83,98H,8-9,11,15-16,32-34,36-41,44H2,1-5H3,(H,84,99)(H,85,101)(H,87,102)(H,88,104)(H,89,103)(H,90,106)(H,91,105)(H,92,108)(H,93,107)(H3,81,86,110)(H2,94,95,100,111)/t58-,59-,60-,61+,62+,63+,64-,65+,66-,67-/m0/s1. The van der Waals surface area contributed by atoms with E-state index in [9.17, 15) is 62.6 Å². The van der Waals surface area contributed by atoms with E-state index in [4.69, 9.17) is 17.3 Å². The molecule has 0 aliphatic carbocycles. The van der Waals surface area contributed by atoms with Gasteiger partial charge >= 0.3 is 12.1 Å². The molecular formula is C79H96ClN16O15. The lowest BCUT2D eigenvalue weighted by atomic mass is 9.99. The third-order valence-corrected chi connectivity index (χ3v) is 18.7. The summed E-state index contributed by atoms with van der Waals surface area (Å²) in [5.74, 6) is -9.23. The summed E-state index contributed by atoms with van der Waals surface area (Å²) in [7, 11) is 0. The summed E-state index contributed by atoms with van der Waals surface area (Å²) >= 11 is 6.26. The van der Waals surface area contributed by atoms with Gasteiger partial charge in [0.05, 0.1) is 19.1 Å². The molecule has 2 saturated heterocycles. The van der Waals surface area contributed by atoms with Crippen molar-refractivity contribution in [3.8, 4) is 0 Å². The number of hydrogen-bond donors (Lipinski definition) is 15. The van der Waals surface area contributed by atoms with Crippen molar-refractivity contribution in [2.45, 2.75) is 178 Å². The van der Waals surface area contributed by atoms with Crippen molar-refractivity contribution < 1.29 is 72.2 Å². The Kier molecular flexibility index (Phi) is 31.9. The number of aliphatic hydroxyl groups excluding tert-OH is 1. The van der Waals surface area contributed by atoms with E-state index in [1.165, 1.54) is 72.7 Å². The number of primary amides is 1. The van der Waals surface area contributed by atoms with Crippen LogP contribution in [0.15, 0.2) is 140 Å². The van der Waals surface area contributed by atoms with E-state index >= 15 is 9.59 Å². The Balaban J connectivity index is 1.09. The number of benzene rings is 5. The minimum Gasteiger partial charge on any atom is -0.394 e. The second kappa shape index (κ2) is 41.8. The fourth-order valence-corrected chi connectivity index (χ4v) is 13.0. The summed E-state index contributed by atoms with van der Waals surface area (Å²) in [5.41, 5.74) is 8.18. The van der Waals surface area contributed by atoms with Gasteiger partial charge < -0.3 is 79.5 Å². The van der Waals surface area contributed by atoms with Crippen LogP contribution in [-0.2, 0) is 89.6 Å². The number of hydrogen-bond acceptors (Lipinski definition) is 17. The Labute approximate surface area is 647 Å². The predicted molar refractivity (Wildman–Crippen MR) is 413 cm³/mol. The lowest BCUT2D eigenvalue weighted by Crippen LogP contribution is -2.61. The molecule has 8 rings (SSSR count). The van der Waals surface area contributed by atoms with Gasteiger partial charge in [-0.05, 0) is 132 Å². The molecule has 1 aromatic heterocycles. The molecule has 2 aliphatic heterocycles. The topological polar surface area (TPSA) is 458 Å². The van der Waals surface area contributed by atoms with E-state index in [1.54, 1.807) is 50.2 Å². The lowest BCUT2D eigenvalue weighted by Gasteiger charge is -2.30. The third-order valence-electron chi connectivity index (χ3n) is 18.5. The SMILES string of the molecule is CC(=O)N[C@H](Cc1ccc2ccccc2c1)C(=O)N[C@H](Cc1ccc(Cl)cc1)C(=O)N[C@H](Cc1cccnc1)C(=O)N[C@@H](CO)C(=O)N[C@@H](Cc1ccc(NC(=O)[C@@H]2CC(=O)NC(=O)N2)cc1)C(=O)N[C@H](Cc1ccc(NC(N)=O)cc1)C(=O)N[C@@H](CC(C)C)C(=O)N[C@@H](CCCCNC(C)C)C(=O)N1CCC[C@H]1[C]=O. The first-order valence-corrected chi connectivity index (χ1v) is 37.2. The summed E-state index contributed by atoms with van der Waals surface area (Å²) in [6.45, 7) is 8.61. The summed E-state index contributed by atoms with van der Waals surface area (Å²) in [5, 5.41) is 47.9. The van der Waals surface area contributed by atoms with Crippen LogP contribution >= 0.6 is 11.6 Å². The summed E-state index contributed by atoms with van der Waals surface area (Å²) in [6.07, 6.45) is 5.62. The Morgan fingerprint density at radius 1 is 0.577 bits per heavy atom. The van der Waals surface area contributed by atoms with Gasteiger partial charge in [0.1, 0.15) is 54.4 Å². The highest BCUT2D eigenvalue weighted by Gasteiger charge is 2.39. The lowest BCUT2D eigenvalue weighted by molar-refractivity contribution is -0.138. The molecular weight excluding hydrogens is 1450 g/mol. The van der Waals surface area contributed by atoms with E-state index in [2.05, 4.69) is 74.1 Å². The van der Waals surface area contributed by atoms with E-state index in [0.29, 0.717) is 65.1 Å². The number of nitrogens with two attached hydrogens (primary N) is 1. The molecule has 2 aliphatic rings. The smallest absolute Gasteiger partial charge is 0.322 e. The van der Waals surface area contributed by atoms with Crippen molar-refractivity contribution in [1.29, 1.82) is 0 Å². The average molecular weight is 1550 g/mol. The highest BCUT2D eigenvalue weighted by molar-refractivity contribution is 6.30. The van der Waals surface area contributed by atoms with Crippen molar-refractivity contribution in [3.05, 3.63) is 173 Å². The Morgan fingerprint density at radius 2 is 1.06 bits per heavy atom. The molecule has 10 atom stereocenters. The number of urea groups is 2. The number of unbranched alkanes of at least 4 members (excludes halogenated alkanes) is 1. The molecule has 31 nitrogen and oxygen atoms in total. The van der Waals surface area contributed by atoms with Gasteiger partial charge in [-0.15, -0.1) is 0 Å². The van der Waals surface area contributed by atoms with Crippen molar-refractivity contribution in [2.24, 2.45) is 11.7 Å². The number of nitrogens with zero attached hydrogens (tertiary/aromatic N) is 2. The molecule has 1 radical (unpaired) electrons.